The Hall–Kier alpha value is -2.31. The van der Waals surface area contributed by atoms with E-state index >= 15 is 0 Å². The van der Waals surface area contributed by atoms with Crippen LogP contribution in [0.1, 0.15) is 26.2 Å². The largest absolute Gasteiger partial charge is 0.534 e. The fraction of sp³-hybridized carbons (Fsp3) is 0.400. The monoisotopic (exact) mass is 492 g/mol. The minimum absolute atomic E-state index is 0.221. The second kappa shape index (κ2) is 8.91. The number of sulfonamides is 1. The second-order valence-electron chi connectivity index (χ2n) is 7.38. The normalized spacial score (nSPS) is 19.3. The summed E-state index contributed by atoms with van der Waals surface area (Å²) >= 11 is 0. The summed E-state index contributed by atoms with van der Waals surface area (Å²) in [6.07, 6.45) is 2.22. The summed E-state index contributed by atoms with van der Waals surface area (Å²) in [6.45, 7) is 2.30. The van der Waals surface area contributed by atoms with Gasteiger partial charge in [-0.2, -0.15) is 25.9 Å². The van der Waals surface area contributed by atoms with Crippen molar-refractivity contribution in [2.24, 2.45) is 0 Å². The highest BCUT2D eigenvalue weighted by Gasteiger charge is 2.49. The number of alkyl halides is 3. The smallest absolute Gasteiger partial charge is 0.376 e. The number of anilines is 2. The Kier molecular flexibility index (Phi) is 6.78. The summed E-state index contributed by atoms with van der Waals surface area (Å²) in [4.78, 5) is 1.43. The molecule has 1 unspecified atom stereocenters. The molecule has 1 heterocycles. The number of hydrogen-bond acceptors (Lipinski definition) is 6. The van der Waals surface area contributed by atoms with Crippen molar-refractivity contribution in [2.75, 3.05) is 18.5 Å². The van der Waals surface area contributed by atoms with Crippen molar-refractivity contribution < 1.29 is 34.2 Å². The minimum Gasteiger partial charge on any atom is -0.376 e. The topological polar surface area (TPSA) is 84.0 Å². The van der Waals surface area contributed by atoms with Crippen LogP contribution in [0.3, 0.4) is 0 Å². The van der Waals surface area contributed by atoms with E-state index in [-0.39, 0.29) is 10.6 Å². The van der Waals surface area contributed by atoms with Gasteiger partial charge in [0.05, 0.1) is 5.69 Å². The number of halogens is 3. The van der Waals surface area contributed by atoms with Crippen LogP contribution in [0, 0.1) is 0 Å². The number of nitrogens with zero attached hydrogens (tertiary/aromatic N) is 2. The quantitative estimate of drug-likeness (QED) is 0.443. The Morgan fingerprint density at radius 2 is 1.78 bits per heavy atom. The Morgan fingerprint density at radius 3 is 2.38 bits per heavy atom. The molecule has 2 aromatic rings. The van der Waals surface area contributed by atoms with E-state index in [4.69, 9.17) is 0 Å². The van der Waals surface area contributed by atoms with E-state index < -0.39 is 37.4 Å². The van der Waals surface area contributed by atoms with Gasteiger partial charge in [0.15, 0.2) is 0 Å². The first-order chi connectivity index (χ1) is 14.9. The first-order valence-corrected chi connectivity index (χ1v) is 12.7. The lowest BCUT2D eigenvalue weighted by Crippen LogP contribution is -2.40. The van der Waals surface area contributed by atoms with Crippen LogP contribution in [0.4, 0.5) is 24.5 Å². The molecule has 12 heteroatoms. The molecule has 2 aromatic carbocycles. The molecule has 1 atom stereocenters. The van der Waals surface area contributed by atoms with Gasteiger partial charge in [-0.15, -0.1) is 0 Å². The maximum atomic E-state index is 13.4. The van der Waals surface area contributed by atoms with Crippen LogP contribution in [0.15, 0.2) is 53.4 Å². The summed E-state index contributed by atoms with van der Waals surface area (Å²) in [5, 5.41) is 0. The first-order valence-electron chi connectivity index (χ1n) is 9.84. The first kappa shape index (κ1) is 24.3. The van der Waals surface area contributed by atoms with Gasteiger partial charge in [0.2, 0.25) is 10.0 Å². The fourth-order valence-electron chi connectivity index (χ4n) is 3.49. The van der Waals surface area contributed by atoms with Crippen molar-refractivity contribution in [3.63, 3.8) is 0 Å². The summed E-state index contributed by atoms with van der Waals surface area (Å²) in [7, 11) is -8.69. The predicted molar refractivity (Wildman–Crippen MR) is 114 cm³/mol. The molecule has 0 aliphatic carbocycles. The molecule has 0 bridgehead atoms. The third kappa shape index (κ3) is 4.71. The highest BCUT2D eigenvalue weighted by molar-refractivity contribution is 7.89. The van der Waals surface area contributed by atoms with E-state index in [1.54, 1.807) is 35.2 Å². The van der Waals surface area contributed by atoms with Crippen molar-refractivity contribution in [1.29, 1.82) is 0 Å². The number of unbranched alkanes of at least 4 members (excludes halogenated alkanes) is 1. The summed E-state index contributed by atoms with van der Waals surface area (Å²) in [5.41, 5.74) is -4.73. The van der Waals surface area contributed by atoms with Gasteiger partial charge in [-0.3, -0.25) is 0 Å². The van der Waals surface area contributed by atoms with Crippen molar-refractivity contribution in [3.05, 3.63) is 48.5 Å². The third-order valence-corrected chi connectivity index (χ3v) is 8.15. The minimum atomic E-state index is -5.95. The molecule has 0 amide bonds. The van der Waals surface area contributed by atoms with Crippen LogP contribution >= 0.6 is 0 Å². The van der Waals surface area contributed by atoms with Crippen LogP contribution in [-0.2, 0) is 20.1 Å². The average molecular weight is 493 g/mol. The van der Waals surface area contributed by atoms with Gasteiger partial charge < -0.3 is 9.08 Å². The third-order valence-electron chi connectivity index (χ3n) is 5.23. The van der Waals surface area contributed by atoms with Crippen molar-refractivity contribution in [1.82, 2.24) is 4.31 Å². The molecule has 0 saturated carbocycles. The molecule has 0 spiro atoms. The average Bonchev–Trinajstić information content (AvgIpc) is 2.80. The lowest BCUT2D eigenvalue weighted by Gasteiger charge is -2.29. The molecule has 0 saturated heterocycles. The molecule has 0 aromatic heterocycles. The van der Waals surface area contributed by atoms with Crippen molar-refractivity contribution in [2.45, 2.75) is 42.6 Å². The standard InChI is InChI=1S/C20H23F3N2O5S2/c1-3-4-8-16-14-25(15-9-6-5-7-10-15)18-12-11-17(30-32(28,29)20(21,22)23)13-19(18)31(26,27)24(16)2/h5-7,9-13,16H,3-4,8,14H2,1-2H3. The van der Waals surface area contributed by atoms with Crippen molar-refractivity contribution in [3.8, 4) is 5.75 Å². The number of hydrogen-bond donors (Lipinski definition) is 0. The van der Waals surface area contributed by atoms with Crippen LogP contribution in [-0.4, -0.2) is 46.3 Å². The summed E-state index contributed by atoms with van der Waals surface area (Å²) < 4.78 is 93.2. The number of fused-ring (bicyclic) bond motifs is 1. The molecular formula is C20H23F3N2O5S2. The van der Waals surface area contributed by atoms with Gasteiger partial charge in [-0.25, -0.2) is 8.42 Å². The van der Waals surface area contributed by atoms with Crippen LogP contribution in [0.5, 0.6) is 5.75 Å². The van der Waals surface area contributed by atoms with Crippen LogP contribution in [0.2, 0.25) is 0 Å². The van der Waals surface area contributed by atoms with Gasteiger partial charge in [0.1, 0.15) is 10.6 Å². The number of likely N-dealkylation sites (N-methyl/N-ethyl adjacent to an activating group) is 1. The van der Waals surface area contributed by atoms with Crippen LogP contribution < -0.4 is 9.08 Å². The SMILES string of the molecule is CCCCC1CN(c2ccccc2)c2ccc(OS(=O)(=O)C(F)(F)F)cc2S(=O)(=O)N1C. The zero-order valence-electron chi connectivity index (χ0n) is 17.4. The molecule has 32 heavy (non-hydrogen) atoms. The lowest BCUT2D eigenvalue weighted by atomic mass is 10.1. The molecular weight excluding hydrogens is 469 g/mol. The Morgan fingerprint density at radius 1 is 1.12 bits per heavy atom. The second-order valence-corrected chi connectivity index (χ2v) is 10.9. The molecule has 0 radical (unpaired) electrons. The highest BCUT2D eigenvalue weighted by Crippen LogP contribution is 2.40. The molecule has 176 valence electrons. The molecule has 1 aliphatic heterocycles. The Bertz CT molecular complexity index is 1170. The number of benzene rings is 2. The Labute approximate surface area is 185 Å². The predicted octanol–water partition coefficient (Wildman–Crippen LogP) is 4.25. The summed E-state index contributed by atoms with van der Waals surface area (Å²) in [6, 6.07) is 11.6. The fourth-order valence-corrected chi connectivity index (χ4v) is 5.52. The van der Waals surface area contributed by atoms with Crippen molar-refractivity contribution >= 4 is 31.5 Å². The highest BCUT2D eigenvalue weighted by atomic mass is 32.2. The van der Waals surface area contributed by atoms with Gasteiger partial charge >= 0.3 is 15.6 Å². The lowest BCUT2D eigenvalue weighted by molar-refractivity contribution is -0.0500. The van der Waals surface area contributed by atoms with E-state index in [2.05, 4.69) is 4.18 Å². The van der Waals surface area contributed by atoms with E-state index in [1.165, 1.54) is 17.4 Å². The zero-order valence-corrected chi connectivity index (χ0v) is 19.0. The van der Waals surface area contributed by atoms with Gasteiger partial charge in [-0.1, -0.05) is 38.0 Å². The molecule has 7 nitrogen and oxygen atoms in total. The Balaban J connectivity index is 2.16. The maximum absolute atomic E-state index is 13.4. The molecule has 3 rings (SSSR count). The van der Waals surface area contributed by atoms with Gasteiger partial charge in [-0.05, 0) is 30.7 Å². The number of rotatable bonds is 6. The summed E-state index contributed by atoms with van der Waals surface area (Å²) in [5.74, 6) is -0.738. The zero-order chi connectivity index (χ0) is 23.7. The molecule has 0 fully saturated rings. The van der Waals surface area contributed by atoms with Gasteiger partial charge in [0, 0.05) is 31.4 Å². The van der Waals surface area contributed by atoms with E-state index in [0.717, 1.165) is 25.0 Å². The maximum Gasteiger partial charge on any atom is 0.534 e. The van der Waals surface area contributed by atoms with Crippen LogP contribution in [0.25, 0.3) is 0 Å². The van der Waals surface area contributed by atoms with E-state index in [9.17, 15) is 30.0 Å². The van der Waals surface area contributed by atoms with E-state index in [1.807, 2.05) is 6.92 Å². The van der Waals surface area contributed by atoms with Gasteiger partial charge in [0.25, 0.3) is 0 Å². The molecule has 0 N–H and O–H groups in total. The number of para-hydroxylation sites is 1. The molecule has 1 aliphatic rings. The van der Waals surface area contributed by atoms with E-state index in [0.29, 0.717) is 18.7 Å².